The highest BCUT2D eigenvalue weighted by molar-refractivity contribution is 7.91. The van der Waals surface area contributed by atoms with E-state index in [1.54, 1.807) is 11.0 Å². The van der Waals surface area contributed by atoms with Gasteiger partial charge in [-0.15, -0.1) is 0 Å². The number of ether oxygens (including phenoxy) is 1. The van der Waals surface area contributed by atoms with E-state index < -0.39 is 15.8 Å². The van der Waals surface area contributed by atoms with Crippen LogP contribution in [-0.2, 0) is 32.2 Å². The minimum absolute atomic E-state index is 0.00865. The molecular weight excluding hydrogens is 402 g/mol. The molecule has 4 rings (SSSR count). The Morgan fingerprint density at radius 1 is 1.13 bits per heavy atom. The molecule has 160 valence electrons. The van der Waals surface area contributed by atoms with Crippen molar-refractivity contribution < 1.29 is 22.7 Å². The average Bonchev–Trinajstić information content (AvgIpc) is 3.31. The number of nitrogens with zero attached hydrogens (tertiary/aromatic N) is 1. The average molecular weight is 430 g/mol. The molecule has 0 N–H and O–H groups in total. The van der Waals surface area contributed by atoms with Gasteiger partial charge in [0.05, 0.1) is 17.1 Å². The molecule has 2 aliphatic rings. The largest absolute Gasteiger partial charge is 0.452 e. The Balaban J connectivity index is 1.47. The summed E-state index contributed by atoms with van der Waals surface area (Å²) >= 11 is 0. The maximum absolute atomic E-state index is 12.8. The summed E-state index contributed by atoms with van der Waals surface area (Å²) in [5, 5.41) is 1.99. The van der Waals surface area contributed by atoms with Crippen LogP contribution in [0.15, 0.2) is 30.3 Å². The highest BCUT2D eigenvalue weighted by Gasteiger charge is 2.34. The molecule has 1 fully saturated rings. The molecule has 1 saturated heterocycles. The molecule has 2 aromatic rings. The summed E-state index contributed by atoms with van der Waals surface area (Å²) in [5.41, 5.74) is 2.94. The van der Waals surface area contributed by atoms with E-state index in [-0.39, 0.29) is 30.1 Å². The molecule has 1 aliphatic heterocycles. The Morgan fingerprint density at radius 3 is 2.60 bits per heavy atom. The first kappa shape index (κ1) is 20.8. The van der Waals surface area contributed by atoms with Gasteiger partial charge in [-0.2, -0.15) is 0 Å². The zero-order valence-corrected chi connectivity index (χ0v) is 18.0. The van der Waals surface area contributed by atoms with Crippen LogP contribution in [0.5, 0.6) is 0 Å². The Bertz CT molecular complexity index is 1080. The fraction of sp³-hybridized carbons (Fsp3) is 0.478. The Labute approximate surface area is 177 Å². The van der Waals surface area contributed by atoms with Gasteiger partial charge in [-0.05, 0) is 53.6 Å². The number of rotatable bonds is 7. The van der Waals surface area contributed by atoms with Crippen LogP contribution < -0.4 is 0 Å². The monoisotopic (exact) mass is 429 g/mol. The van der Waals surface area contributed by atoms with Crippen LogP contribution in [0.4, 0.5) is 0 Å². The van der Waals surface area contributed by atoms with Crippen molar-refractivity contribution >= 4 is 32.5 Å². The molecule has 1 aliphatic carbocycles. The summed E-state index contributed by atoms with van der Waals surface area (Å²) in [5.74, 6) is -0.752. The lowest BCUT2D eigenvalue weighted by Crippen LogP contribution is -2.43. The van der Waals surface area contributed by atoms with E-state index in [9.17, 15) is 18.0 Å². The summed E-state index contributed by atoms with van der Waals surface area (Å²) in [7, 11) is -3.10. The molecule has 0 aromatic heterocycles. The predicted octanol–water partition coefficient (Wildman–Crippen LogP) is 2.91. The van der Waals surface area contributed by atoms with Gasteiger partial charge in [0.1, 0.15) is 0 Å². The predicted molar refractivity (Wildman–Crippen MR) is 115 cm³/mol. The third-order valence-corrected chi connectivity index (χ3v) is 7.90. The maximum Gasteiger partial charge on any atom is 0.339 e. The van der Waals surface area contributed by atoms with Crippen molar-refractivity contribution in [3.8, 4) is 0 Å². The summed E-state index contributed by atoms with van der Waals surface area (Å²) < 4.78 is 29.1. The van der Waals surface area contributed by atoms with Crippen LogP contribution in [0.2, 0.25) is 0 Å². The first-order valence-electron chi connectivity index (χ1n) is 10.6. The van der Waals surface area contributed by atoms with Crippen molar-refractivity contribution in [1.82, 2.24) is 4.90 Å². The molecule has 6 nitrogen and oxygen atoms in total. The number of carbonyl (C=O) groups is 2. The van der Waals surface area contributed by atoms with E-state index in [1.165, 1.54) is 11.1 Å². The van der Waals surface area contributed by atoms with Crippen LogP contribution in [0, 0.1) is 0 Å². The van der Waals surface area contributed by atoms with E-state index in [0.717, 1.165) is 36.5 Å². The lowest BCUT2D eigenvalue weighted by atomic mass is 10.00. The maximum atomic E-state index is 12.8. The summed E-state index contributed by atoms with van der Waals surface area (Å²) in [6.07, 6.45) is 4.07. The quantitative estimate of drug-likeness (QED) is 0.632. The molecule has 7 heteroatoms. The molecule has 30 heavy (non-hydrogen) atoms. The molecule has 0 spiro atoms. The molecule has 0 radical (unpaired) electrons. The van der Waals surface area contributed by atoms with Gasteiger partial charge in [0.25, 0.3) is 5.91 Å². The fourth-order valence-corrected chi connectivity index (χ4v) is 6.30. The number of hydrogen-bond donors (Lipinski definition) is 0. The molecule has 1 amide bonds. The van der Waals surface area contributed by atoms with Crippen molar-refractivity contribution in [2.75, 3.05) is 24.7 Å². The number of esters is 1. The van der Waals surface area contributed by atoms with Crippen molar-refractivity contribution in [2.24, 2.45) is 0 Å². The zero-order chi connectivity index (χ0) is 21.3. The van der Waals surface area contributed by atoms with Gasteiger partial charge < -0.3 is 9.64 Å². The standard InChI is InChI=1S/C23H27NO5S/c1-2-3-12-24(18-11-13-30(27,28)15-18)21(25)14-29-23(26)20-10-9-17-8-7-16-5-4-6-19(20)22(16)17/h4-6,9-10,18H,2-3,7-8,11-15H2,1H3/t18-/m1/s1. The molecular formula is C23H27NO5S. The number of sulfone groups is 1. The third-order valence-electron chi connectivity index (χ3n) is 6.15. The van der Waals surface area contributed by atoms with Gasteiger partial charge in [0.2, 0.25) is 0 Å². The molecule has 0 bridgehead atoms. The second-order valence-corrected chi connectivity index (χ2v) is 10.4. The highest BCUT2D eigenvalue weighted by Crippen LogP contribution is 2.33. The lowest BCUT2D eigenvalue weighted by molar-refractivity contribution is -0.136. The highest BCUT2D eigenvalue weighted by atomic mass is 32.2. The molecule has 0 unspecified atom stereocenters. The summed E-state index contributed by atoms with van der Waals surface area (Å²) in [6.45, 7) is 2.12. The van der Waals surface area contributed by atoms with Crippen LogP contribution in [0.1, 0.15) is 47.7 Å². The van der Waals surface area contributed by atoms with Crippen molar-refractivity contribution in [2.45, 2.75) is 45.1 Å². The normalized spacial score (nSPS) is 19.2. The van der Waals surface area contributed by atoms with Crippen molar-refractivity contribution in [3.05, 3.63) is 47.0 Å². The SMILES string of the molecule is CCCCN(C(=O)COC(=O)c1ccc2c3c(cccc13)CC2)[C@@H]1CCS(=O)(=O)C1. The van der Waals surface area contributed by atoms with E-state index in [4.69, 9.17) is 4.74 Å². The van der Waals surface area contributed by atoms with E-state index in [2.05, 4.69) is 6.07 Å². The topological polar surface area (TPSA) is 80.8 Å². The minimum Gasteiger partial charge on any atom is -0.452 e. The molecule has 1 heterocycles. The number of carbonyl (C=O) groups excluding carboxylic acids is 2. The Morgan fingerprint density at radius 2 is 1.90 bits per heavy atom. The van der Waals surface area contributed by atoms with Gasteiger partial charge in [-0.3, -0.25) is 4.79 Å². The number of aryl methyl sites for hydroxylation is 2. The van der Waals surface area contributed by atoms with Crippen LogP contribution in [-0.4, -0.2) is 55.9 Å². The lowest BCUT2D eigenvalue weighted by Gasteiger charge is -2.28. The second kappa shape index (κ2) is 8.38. The van der Waals surface area contributed by atoms with Crippen LogP contribution in [0.3, 0.4) is 0 Å². The number of amides is 1. The minimum atomic E-state index is -3.10. The fourth-order valence-electron chi connectivity index (χ4n) is 4.57. The number of benzene rings is 2. The number of hydrogen-bond acceptors (Lipinski definition) is 5. The van der Waals surface area contributed by atoms with Gasteiger partial charge in [0.15, 0.2) is 16.4 Å². The summed E-state index contributed by atoms with van der Waals surface area (Å²) in [4.78, 5) is 27.2. The van der Waals surface area contributed by atoms with Gasteiger partial charge in [-0.1, -0.05) is 37.6 Å². The smallest absolute Gasteiger partial charge is 0.339 e. The van der Waals surface area contributed by atoms with Crippen LogP contribution in [0.25, 0.3) is 10.8 Å². The van der Waals surface area contributed by atoms with E-state index in [0.29, 0.717) is 18.5 Å². The first-order chi connectivity index (χ1) is 14.4. The number of unbranched alkanes of at least 4 members (excludes halogenated alkanes) is 1. The Kier molecular flexibility index (Phi) is 5.82. The van der Waals surface area contributed by atoms with E-state index >= 15 is 0 Å². The molecule has 2 aromatic carbocycles. The van der Waals surface area contributed by atoms with Gasteiger partial charge >= 0.3 is 5.97 Å². The zero-order valence-electron chi connectivity index (χ0n) is 17.2. The molecule has 1 atom stereocenters. The first-order valence-corrected chi connectivity index (χ1v) is 12.4. The summed E-state index contributed by atoms with van der Waals surface area (Å²) in [6, 6.07) is 9.36. The second-order valence-electron chi connectivity index (χ2n) is 8.19. The van der Waals surface area contributed by atoms with Gasteiger partial charge in [-0.25, -0.2) is 13.2 Å². The molecule has 0 saturated carbocycles. The Hall–Kier alpha value is -2.41. The van der Waals surface area contributed by atoms with Crippen molar-refractivity contribution in [1.29, 1.82) is 0 Å². The van der Waals surface area contributed by atoms with Crippen LogP contribution >= 0.6 is 0 Å². The van der Waals surface area contributed by atoms with Gasteiger partial charge in [0, 0.05) is 12.6 Å². The third kappa shape index (κ3) is 4.08. The van der Waals surface area contributed by atoms with Crippen molar-refractivity contribution in [3.63, 3.8) is 0 Å². The van der Waals surface area contributed by atoms with E-state index in [1.807, 2.05) is 25.1 Å².